The molecule has 1 aliphatic rings. The van der Waals surface area contributed by atoms with Gasteiger partial charge in [-0.2, -0.15) is 0 Å². The van der Waals surface area contributed by atoms with E-state index in [4.69, 9.17) is 10.5 Å². The molecule has 0 saturated carbocycles. The molecule has 2 N–H and O–H groups in total. The predicted molar refractivity (Wildman–Crippen MR) is 68.4 cm³/mol. The van der Waals surface area contributed by atoms with Crippen LogP contribution in [0.1, 0.15) is 30.1 Å². The Bertz CT molecular complexity index is 485. The van der Waals surface area contributed by atoms with Gasteiger partial charge in [0, 0.05) is 24.3 Å². The highest BCUT2D eigenvalue weighted by Gasteiger charge is 2.23. The van der Waals surface area contributed by atoms with E-state index in [9.17, 15) is 9.59 Å². The van der Waals surface area contributed by atoms with Crippen LogP contribution in [0.15, 0.2) is 18.2 Å². The number of amides is 1. The van der Waals surface area contributed by atoms with Gasteiger partial charge in [-0.3, -0.25) is 4.79 Å². The van der Waals surface area contributed by atoms with Crippen molar-refractivity contribution in [1.82, 2.24) is 0 Å². The van der Waals surface area contributed by atoms with E-state index in [0.717, 1.165) is 6.42 Å². The molecular formula is C13H16N2O3. The number of ether oxygens (including phenoxy) is 1. The Labute approximate surface area is 106 Å². The molecule has 96 valence electrons. The van der Waals surface area contributed by atoms with E-state index in [1.807, 2.05) is 0 Å². The van der Waals surface area contributed by atoms with Crippen LogP contribution in [-0.2, 0) is 9.53 Å². The van der Waals surface area contributed by atoms with Gasteiger partial charge in [0.25, 0.3) is 0 Å². The number of hydrogen-bond donors (Lipinski definition) is 1. The van der Waals surface area contributed by atoms with Gasteiger partial charge in [-0.25, -0.2) is 4.79 Å². The molecule has 1 aromatic carbocycles. The van der Waals surface area contributed by atoms with Crippen molar-refractivity contribution < 1.29 is 14.3 Å². The third-order valence-corrected chi connectivity index (χ3v) is 2.92. The van der Waals surface area contributed by atoms with E-state index < -0.39 is 5.97 Å². The van der Waals surface area contributed by atoms with Gasteiger partial charge in [-0.15, -0.1) is 0 Å². The predicted octanol–water partition coefficient (Wildman–Crippen LogP) is 1.57. The highest BCUT2D eigenvalue weighted by Crippen LogP contribution is 2.25. The maximum atomic E-state index is 11.7. The highest BCUT2D eigenvalue weighted by molar-refractivity contribution is 6.00. The second kappa shape index (κ2) is 5.08. The largest absolute Gasteiger partial charge is 0.462 e. The highest BCUT2D eigenvalue weighted by atomic mass is 16.5. The van der Waals surface area contributed by atoms with Crippen LogP contribution >= 0.6 is 0 Å². The summed E-state index contributed by atoms with van der Waals surface area (Å²) in [6.45, 7) is 2.72. The summed E-state index contributed by atoms with van der Waals surface area (Å²) in [6, 6.07) is 5.00. The molecule has 0 aliphatic carbocycles. The SMILES string of the molecule is CCOC(=O)c1cc(N2CCCC2=O)ccc1N. The lowest BCUT2D eigenvalue weighted by molar-refractivity contribution is -0.117. The zero-order valence-electron chi connectivity index (χ0n) is 10.3. The van der Waals surface area contributed by atoms with E-state index >= 15 is 0 Å². The molecule has 1 aliphatic heterocycles. The van der Waals surface area contributed by atoms with Crippen molar-refractivity contribution in [3.05, 3.63) is 23.8 Å². The molecular weight excluding hydrogens is 232 g/mol. The maximum Gasteiger partial charge on any atom is 0.340 e. The fourth-order valence-corrected chi connectivity index (χ4v) is 2.02. The van der Waals surface area contributed by atoms with E-state index in [0.29, 0.717) is 36.5 Å². The minimum atomic E-state index is -0.455. The first-order valence-corrected chi connectivity index (χ1v) is 6.00. The molecule has 5 nitrogen and oxygen atoms in total. The van der Waals surface area contributed by atoms with Crippen LogP contribution in [0, 0.1) is 0 Å². The fraction of sp³-hybridized carbons (Fsp3) is 0.385. The van der Waals surface area contributed by atoms with Crippen molar-refractivity contribution in [3.8, 4) is 0 Å². The number of carbonyl (C=O) groups is 2. The minimum absolute atomic E-state index is 0.0783. The van der Waals surface area contributed by atoms with Crippen molar-refractivity contribution in [3.63, 3.8) is 0 Å². The Morgan fingerprint density at radius 1 is 1.50 bits per heavy atom. The van der Waals surface area contributed by atoms with E-state index in [2.05, 4.69) is 0 Å². The van der Waals surface area contributed by atoms with Gasteiger partial charge in [-0.1, -0.05) is 0 Å². The Balaban J connectivity index is 2.31. The Kier molecular flexibility index (Phi) is 3.50. The molecule has 0 aromatic heterocycles. The molecule has 0 atom stereocenters. The number of nitrogen functional groups attached to an aromatic ring is 1. The Morgan fingerprint density at radius 2 is 2.28 bits per heavy atom. The summed E-state index contributed by atoms with van der Waals surface area (Å²) in [5.74, 6) is -0.377. The number of nitrogens with two attached hydrogens (primary N) is 1. The normalized spacial score (nSPS) is 14.9. The van der Waals surface area contributed by atoms with Crippen molar-refractivity contribution in [2.75, 3.05) is 23.8 Å². The third-order valence-electron chi connectivity index (χ3n) is 2.92. The van der Waals surface area contributed by atoms with Crippen LogP contribution in [0.2, 0.25) is 0 Å². The van der Waals surface area contributed by atoms with Gasteiger partial charge >= 0.3 is 5.97 Å². The van der Waals surface area contributed by atoms with E-state index in [-0.39, 0.29) is 5.91 Å². The summed E-state index contributed by atoms with van der Waals surface area (Å²) in [5.41, 5.74) is 7.13. The maximum absolute atomic E-state index is 11.7. The Hall–Kier alpha value is -2.04. The van der Waals surface area contributed by atoms with Gasteiger partial charge in [0.1, 0.15) is 0 Å². The molecule has 5 heteroatoms. The van der Waals surface area contributed by atoms with Crippen LogP contribution in [0.4, 0.5) is 11.4 Å². The van der Waals surface area contributed by atoms with Crippen LogP contribution in [-0.4, -0.2) is 25.0 Å². The fourth-order valence-electron chi connectivity index (χ4n) is 2.02. The topological polar surface area (TPSA) is 72.6 Å². The first-order valence-electron chi connectivity index (χ1n) is 6.00. The van der Waals surface area contributed by atoms with Gasteiger partial charge in [0.2, 0.25) is 5.91 Å². The first kappa shape index (κ1) is 12.4. The van der Waals surface area contributed by atoms with Crippen LogP contribution in [0.25, 0.3) is 0 Å². The van der Waals surface area contributed by atoms with Gasteiger partial charge in [-0.05, 0) is 31.5 Å². The zero-order valence-corrected chi connectivity index (χ0v) is 10.3. The number of nitrogens with zero attached hydrogens (tertiary/aromatic N) is 1. The monoisotopic (exact) mass is 248 g/mol. The average molecular weight is 248 g/mol. The summed E-state index contributed by atoms with van der Waals surface area (Å²) in [7, 11) is 0. The number of carbonyl (C=O) groups excluding carboxylic acids is 2. The molecule has 1 aromatic rings. The molecule has 0 radical (unpaired) electrons. The molecule has 18 heavy (non-hydrogen) atoms. The standard InChI is InChI=1S/C13H16N2O3/c1-2-18-13(17)10-8-9(5-6-11(10)14)15-7-3-4-12(15)16/h5-6,8H,2-4,7,14H2,1H3. The zero-order chi connectivity index (χ0) is 13.1. The lowest BCUT2D eigenvalue weighted by Crippen LogP contribution is -2.24. The van der Waals surface area contributed by atoms with Crippen LogP contribution in [0.5, 0.6) is 0 Å². The van der Waals surface area contributed by atoms with Crippen molar-refractivity contribution in [1.29, 1.82) is 0 Å². The molecule has 1 amide bonds. The van der Waals surface area contributed by atoms with Crippen molar-refractivity contribution in [2.45, 2.75) is 19.8 Å². The molecule has 2 rings (SSSR count). The minimum Gasteiger partial charge on any atom is -0.462 e. The molecule has 0 unspecified atom stereocenters. The molecule has 1 heterocycles. The van der Waals surface area contributed by atoms with Gasteiger partial charge in [0.05, 0.1) is 12.2 Å². The number of benzene rings is 1. The van der Waals surface area contributed by atoms with E-state index in [1.54, 1.807) is 30.0 Å². The van der Waals surface area contributed by atoms with Gasteiger partial charge in [0.15, 0.2) is 0 Å². The third kappa shape index (κ3) is 2.30. The van der Waals surface area contributed by atoms with Crippen molar-refractivity contribution in [2.24, 2.45) is 0 Å². The number of hydrogen-bond acceptors (Lipinski definition) is 4. The summed E-state index contributed by atoms with van der Waals surface area (Å²) < 4.78 is 4.93. The summed E-state index contributed by atoms with van der Waals surface area (Å²) in [4.78, 5) is 25.0. The quantitative estimate of drug-likeness (QED) is 0.651. The number of anilines is 2. The lowest BCUT2D eigenvalue weighted by atomic mass is 10.1. The molecule has 1 fully saturated rings. The lowest BCUT2D eigenvalue weighted by Gasteiger charge is -2.17. The summed E-state index contributed by atoms with van der Waals surface area (Å²) in [5, 5.41) is 0. The second-order valence-electron chi connectivity index (χ2n) is 4.14. The molecule has 0 spiro atoms. The average Bonchev–Trinajstić information content (AvgIpc) is 2.76. The number of esters is 1. The Morgan fingerprint density at radius 3 is 2.89 bits per heavy atom. The molecule has 0 bridgehead atoms. The van der Waals surface area contributed by atoms with Gasteiger partial charge < -0.3 is 15.4 Å². The van der Waals surface area contributed by atoms with Crippen LogP contribution < -0.4 is 10.6 Å². The van der Waals surface area contributed by atoms with Crippen molar-refractivity contribution >= 4 is 23.3 Å². The second-order valence-corrected chi connectivity index (χ2v) is 4.14. The van der Waals surface area contributed by atoms with E-state index in [1.165, 1.54) is 0 Å². The molecule has 1 saturated heterocycles. The summed E-state index contributed by atoms with van der Waals surface area (Å²) in [6.07, 6.45) is 1.40. The summed E-state index contributed by atoms with van der Waals surface area (Å²) >= 11 is 0. The van der Waals surface area contributed by atoms with Crippen LogP contribution in [0.3, 0.4) is 0 Å². The smallest absolute Gasteiger partial charge is 0.340 e. The number of rotatable bonds is 3. The first-order chi connectivity index (χ1) is 8.63.